The average Bonchev–Trinajstić information content (AvgIpc) is 2.98. The van der Waals surface area contributed by atoms with Crippen molar-refractivity contribution >= 4 is 11.6 Å². The predicted octanol–water partition coefficient (Wildman–Crippen LogP) is 3.82. The summed E-state index contributed by atoms with van der Waals surface area (Å²) in [6.45, 7) is 1.38. The molecule has 0 radical (unpaired) electrons. The molecule has 136 valence electrons. The number of aryl methyl sites for hydroxylation is 1. The summed E-state index contributed by atoms with van der Waals surface area (Å²) in [5, 5.41) is 6.40. The van der Waals surface area contributed by atoms with E-state index < -0.39 is 0 Å². The first-order valence-corrected chi connectivity index (χ1v) is 9.32. The summed E-state index contributed by atoms with van der Waals surface area (Å²) in [5.74, 6) is -0.0768. The van der Waals surface area contributed by atoms with Gasteiger partial charge in [0.25, 0.3) is 5.91 Å². The molecule has 1 aliphatic heterocycles. The largest absolute Gasteiger partial charge is 0.385 e. The van der Waals surface area contributed by atoms with Crippen LogP contribution in [0.5, 0.6) is 0 Å². The molecule has 0 fully saturated rings. The van der Waals surface area contributed by atoms with Crippen LogP contribution in [0.25, 0.3) is 11.4 Å². The summed E-state index contributed by atoms with van der Waals surface area (Å²) in [5.41, 5.74) is 5.49. The molecule has 2 N–H and O–H groups in total. The third kappa shape index (κ3) is 4.14. The molecule has 1 amide bonds. The molecule has 1 aliphatic rings. The van der Waals surface area contributed by atoms with Gasteiger partial charge in [-0.2, -0.15) is 0 Å². The second-order valence-corrected chi connectivity index (χ2v) is 6.67. The number of amides is 1. The molecule has 0 atom stereocenters. The number of hydrogen-bond acceptors (Lipinski definition) is 4. The Labute approximate surface area is 158 Å². The maximum Gasteiger partial charge on any atom is 0.251 e. The lowest BCUT2D eigenvalue weighted by Gasteiger charge is -2.10. The summed E-state index contributed by atoms with van der Waals surface area (Å²) in [7, 11) is 0. The van der Waals surface area contributed by atoms with Gasteiger partial charge in [-0.1, -0.05) is 12.1 Å². The molecule has 27 heavy (non-hydrogen) atoms. The number of rotatable bonds is 4. The van der Waals surface area contributed by atoms with E-state index in [0.29, 0.717) is 12.1 Å². The van der Waals surface area contributed by atoms with Crippen LogP contribution in [0.3, 0.4) is 0 Å². The van der Waals surface area contributed by atoms with Gasteiger partial charge in [0.05, 0.1) is 23.6 Å². The average molecular weight is 358 g/mol. The zero-order valence-electron chi connectivity index (χ0n) is 15.1. The van der Waals surface area contributed by atoms with E-state index in [1.54, 1.807) is 6.20 Å². The number of pyridine rings is 2. The molecule has 0 aliphatic carbocycles. The van der Waals surface area contributed by atoms with Crippen molar-refractivity contribution in [3.05, 3.63) is 77.6 Å². The molecule has 1 aromatic carbocycles. The lowest BCUT2D eigenvalue weighted by atomic mass is 10.0. The third-order valence-corrected chi connectivity index (χ3v) is 4.72. The van der Waals surface area contributed by atoms with E-state index in [9.17, 15) is 4.79 Å². The number of nitrogens with zero attached hydrogens (tertiary/aromatic N) is 2. The molecule has 0 spiro atoms. The minimum atomic E-state index is -0.0768. The van der Waals surface area contributed by atoms with E-state index in [-0.39, 0.29) is 5.91 Å². The van der Waals surface area contributed by atoms with E-state index in [2.05, 4.69) is 20.6 Å². The molecule has 0 saturated carbocycles. The first-order chi connectivity index (χ1) is 13.3. The minimum Gasteiger partial charge on any atom is -0.385 e. The summed E-state index contributed by atoms with van der Waals surface area (Å²) in [4.78, 5) is 21.5. The van der Waals surface area contributed by atoms with Crippen LogP contribution in [0.4, 0.5) is 5.69 Å². The van der Waals surface area contributed by atoms with Gasteiger partial charge in [0.2, 0.25) is 0 Å². The van der Waals surface area contributed by atoms with Crippen molar-refractivity contribution in [2.24, 2.45) is 0 Å². The van der Waals surface area contributed by atoms with Crippen LogP contribution in [0.15, 0.2) is 60.8 Å². The fourth-order valence-electron chi connectivity index (χ4n) is 3.29. The second kappa shape index (κ2) is 7.99. The Morgan fingerprint density at radius 1 is 1.04 bits per heavy atom. The van der Waals surface area contributed by atoms with Gasteiger partial charge in [-0.25, -0.2) is 4.98 Å². The van der Waals surface area contributed by atoms with Crippen LogP contribution in [0.2, 0.25) is 0 Å². The molecule has 0 bridgehead atoms. The SMILES string of the molecule is O=C(NCc1cccc(-c2ccccn2)n1)c1ccc2c(c1)CCCCN2. The van der Waals surface area contributed by atoms with Crippen molar-refractivity contribution in [1.82, 2.24) is 15.3 Å². The van der Waals surface area contributed by atoms with E-state index in [1.165, 1.54) is 5.56 Å². The van der Waals surface area contributed by atoms with Crippen LogP contribution < -0.4 is 10.6 Å². The Kier molecular flexibility index (Phi) is 5.10. The van der Waals surface area contributed by atoms with Gasteiger partial charge in [-0.3, -0.25) is 9.78 Å². The zero-order chi connectivity index (χ0) is 18.5. The van der Waals surface area contributed by atoms with Crippen molar-refractivity contribution in [3.63, 3.8) is 0 Å². The molecule has 4 rings (SSSR count). The quantitative estimate of drug-likeness (QED) is 0.744. The number of fused-ring (bicyclic) bond motifs is 1. The number of anilines is 1. The van der Waals surface area contributed by atoms with Crippen LogP contribution in [0.1, 0.15) is 34.5 Å². The van der Waals surface area contributed by atoms with Gasteiger partial charge in [0.15, 0.2) is 0 Å². The van der Waals surface area contributed by atoms with Crippen molar-refractivity contribution < 1.29 is 4.79 Å². The number of benzene rings is 1. The van der Waals surface area contributed by atoms with E-state index >= 15 is 0 Å². The Morgan fingerprint density at radius 2 is 1.96 bits per heavy atom. The molecule has 2 aromatic heterocycles. The number of carbonyl (C=O) groups excluding carboxylic acids is 1. The van der Waals surface area contributed by atoms with Gasteiger partial charge in [0, 0.05) is 24.0 Å². The van der Waals surface area contributed by atoms with Gasteiger partial charge >= 0.3 is 0 Å². The fourth-order valence-corrected chi connectivity index (χ4v) is 3.29. The zero-order valence-corrected chi connectivity index (χ0v) is 15.1. The number of hydrogen-bond donors (Lipinski definition) is 2. The maximum absolute atomic E-state index is 12.6. The van der Waals surface area contributed by atoms with Crippen LogP contribution in [-0.4, -0.2) is 22.4 Å². The van der Waals surface area contributed by atoms with Gasteiger partial charge in [0.1, 0.15) is 0 Å². The van der Waals surface area contributed by atoms with Crippen molar-refractivity contribution in [1.29, 1.82) is 0 Å². The normalized spacial score (nSPS) is 13.2. The first-order valence-electron chi connectivity index (χ1n) is 9.32. The number of nitrogens with one attached hydrogen (secondary N) is 2. The standard InChI is InChI=1S/C22H22N4O/c27-22(17-10-11-19-16(14-17)6-1-3-12-23-19)25-15-18-7-5-9-21(26-18)20-8-2-4-13-24-20/h2,4-5,7-11,13-14,23H,1,3,6,12,15H2,(H,25,27). The van der Waals surface area contributed by atoms with E-state index in [1.807, 2.05) is 54.6 Å². The molecule has 3 aromatic rings. The van der Waals surface area contributed by atoms with E-state index in [4.69, 9.17) is 0 Å². The highest BCUT2D eigenvalue weighted by Crippen LogP contribution is 2.22. The van der Waals surface area contributed by atoms with Crippen molar-refractivity contribution in [2.45, 2.75) is 25.8 Å². The smallest absolute Gasteiger partial charge is 0.251 e. The summed E-state index contributed by atoms with van der Waals surface area (Å²) in [6, 6.07) is 17.4. The number of carbonyl (C=O) groups is 1. The third-order valence-electron chi connectivity index (χ3n) is 4.72. The summed E-state index contributed by atoms with van der Waals surface area (Å²) >= 11 is 0. The Bertz CT molecular complexity index is 940. The van der Waals surface area contributed by atoms with Crippen LogP contribution in [0, 0.1) is 0 Å². The van der Waals surface area contributed by atoms with Gasteiger partial charge < -0.3 is 10.6 Å². The first kappa shape index (κ1) is 17.2. The van der Waals surface area contributed by atoms with Gasteiger partial charge in [-0.15, -0.1) is 0 Å². The van der Waals surface area contributed by atoms with Crippen LogP contribution >= 0.6 is 0 Å². The lowest BCUT2D eigenvalue weighted by Crippen LogP contribution is -2.23. The summed E-state index contributed by atoms with van der Waals surface area (Å²) in [6.07, 6.45) is 5.07. The fraction of sp³-hybridized carbons (Fsp3) is 0.227. The monoisotopic (exact) mass is 358 g/mol. The molecule has 0 unspecified atom stereocenters. The molecular formula is C22H22N4O. The molecule has 5 heteroatoms. The topological polar surface area (TPSA) is 66.9 Å². The molecular weight excluding hydrogens is 336 g/mol. The van der Waals surface area contributed by atoms with Crippen molar-refractivity contribution in [3.8, 4) is 11.4 Å². The molecule has 5 nitrogen and oxygen atoms in total. The molecule has 0 saturated heterocycles. The lowest BCUT2D eigenvalue weighted by molar-refractivity contribution is 0.0950. The minimum absolute atomic E-state index is 0.0768. The Balaban J connectivity index is 1.45. The Morgan fingerprint density at radius 3 is 2.85 bits per heavy atom. The highest BCUT2D eigenvalue weighted by atomic mass is 16.1. The van der Waals surface area contributed by atoms with E-state index in [0.717, 1.165) is 48.6 Å². The van der Waals surface area contributed by atoms with Crippen LogP contribution in [-0.2, 0) is 13.0 Å². The van der Waals surface area contributed by atoms with Crippen molar-refractivity contribution in [2.75, 3.05) is 11.9 Å². The predicted molar refractivity (Wildman–Crippen MR) is 107 cm³/mol. The van der Waals surface area contributed by atoms with Gasteiger partial charge in [-0.05, 0) is 67.3 Å². The Hall–Kier alpha value is -3.21. The second-order valence-electron chi connectivity index (χ2n) is 6.67. The number of aromatic nitrogens is 2. The maximum atomic E-state index is 12.6. The highest BCUT2D eigenvalue weighted by molar-refractivity contribution is 5.94. The molecule has 3 heterocycles. The highest BCUT2D eigenvalue weighted by Gasteiger charge is 2.12. The summed E-state index contributed by atoms with van der Waals surface area (Å²) < 4.78 is 0.